The lowest BCUT2D eigenvalue weighted by atomic mass is 10.1. The van der Waals surface area contributed by atoms with Crippen molar-refractivity contribution in [1.82, 2.24) is 5.32 Å². The van der Waals surface area contributed by atoms with Crippen LogP contribution in [-0.2, 0) is 9.53 Å². The van der Waals surface area contributed by atoms with Gasteiger partial charge in [0.25, 0.3) is 0 Å². The number of nitrogens with one attached hydrogen (secondary N) is 2. The molecule has 1 fully saturated rings. The Hall–Kier alpha value is -1.59. The highest BCUT2D eigenvalue weighted by Gasteiger charge is 2.31. The Balaban J connectivity index is 1.81. The first-order valence-corrected chi connectivity index (χ1v) is 7.19. The van der Waals surface area contributed by atoms with E-state index < -0.39 is 0 Å². The van der Waals surface area contributed by atoms with Crippen LogP contribution in [0.25, 0.3) is 0 Å². The summed E-state index contributed by atoms with van der Waals surface area (Å²) in [6.45, 7) is 4.71. The van der Waals surface area contributed by atoms with Gasteiger partial charge in [-0.2, -0.15) is 0 Å². The Labute approximate surface area is 119 Å². The highest BCUT2D eigenvalue weighted by atomic mass is 16.5. The summed E-state index contributed by atoms with van der Waals surface area (Å²) in [5.74, 6) is 0.0372. The van der Waals surface area contributed by atoms with E-state index in [-0.39, 0.29) is 11.9 Å². The van der Waals surface area contributed by atoms with Gasteiger partial charge in [-0.15, -0.1) is 0 Å². The summed E-state index contributed by atoms with van der Waals surface area (Å²) in [6.07, 6.45) is 1.37. The standard InChI is InChI=1S/C15H21N3O2/c1-3-16-14-12-5-4-10(8-13(12)17-15(14)19)18-7-6-11(9-18)20-2/h4-5,8,11,14,16H,3,6-7,9H2,1-2H3,(H,17,19). The van der Waals surface area contributed by atoms with Gasteiger partial charge in [0.1, 0.15) is 6.04 Å². The Kier molecular flexibility index (Phi) is 3.63. The number of hydrogen-bond donors (Lipinski definition) is 2. The van der Waals surface area contributed by atoms with E-state index in [1.54, 1.807) is 7.11 Å². The van der Waals surface area contributed by atoms with Crippen molar-refractivity contribution >= 4 is 17.3 Å². The number of nitrogens with zero attached hydrogens (tertiary/aromatic N) is 1. The number of carbonyl (C=O) groups excluding carboxylic acids is 1. The molecule has 2 unspecified atom stereocenters. The summed E-state index contributed by atoms with van der Waals surface area (Å²) >= 11 is 0. The molecule has 2 N–H and O–H groups in total. The molecule has 5 nitrogen and oxygen atoms in total. The molecule has 1 aromatic rings. The number of benzene rings is 1. The number of amides is 1. The molecule has 0 aromatic heterocycles. The van der Waals surface area contributed by atoms with E-state index >= 15 is 0 Å². The van der Waals surface area contributed by atoms with E-state index in [1.165, 1.54) is 0 Å². The summed E-state index contributed by atoms with van der Waals surface area (Å²) in [4.78, 5) is 14.3. The average molecular weight is 275 g/mol. The topological polar surface area (TPSA) is 53.6 Å². The monoisotopic (exact) mass is 275 g/mol. The fourth-order valence-electron chi connectivity index (χ4n) is 3.01. The third kappa shape index (κ3) is 2.27. The SMILES string of the molecule is CCNC1C(=O)Nc2cc(N3CCC(OC)C3)ccc21. The summed E-state index contributed by atoms with van der Waals surface area (Å²) in [6, 6.07) is 6.01. The largest absolute Gasteiger partial charge is 0.380 e. The molecule has 2 aliphatic heterocycles. The fourth-order valence-corrected chi connectivity index (χ4v) is 3.01. The lowest BCUT2D eigenvalue weighted by Crippen LogP contribution is -2.27. The number of hydrogen-bond acceptors (Lipinski definition) is 4. The highest BCUT2D eigenvalue weighted by Crippen LogP contribution is 2.35. The van der Waals surface area contributed by atoms with Gasteiger partial charge in [0.05, 0.1) is 6.10 Å². The van der Waals surface area contributed by atoms with Crippen molar-refractivity contribution in [3.63, 3.8) is 0 Å². The van der Waals surface area contributed by atoms with Crippen LogP contribution in [0.2, 0.25) is 0 Å². The van der Waals surface area contributed by atoms with E-state index in [2.05, 4.69) is 33.7 Å². The van der Waals surface area contributed by atoms with Crippen molar-refractivity contribution < 1.29 is 9.53 Å². The van der Waals surface area contributed by atoms with Crippen molar-refractivity contribution in [3.05, 3.63) is 23.8 Å². The zero-order chi connectivity index (χ0) is 14.1. The number of anilines is 2. The lowest BCUT2D eigenvalue weighted by Gasteiger charge is -2.19. The van der Waals surface area contributed by atoms with Crippen LogP contribution >= 0.6 is 0 Å². The molecular formula is C15H21N3O2. The Morgan fingerprint density at radius 2 is 2.35 bits per heavy atom. The Bertz CT molecular complexity index is 518. The molecule has 2 aliphatic rings. The van der Waals surface area contributed by atoms with Crippen LogP contribution in [0.15, 0.2) is 18.2 Å². The molecule has 0 bridgehead atoms. The summed E-state index contributed by atoms with van der Waals surface area (Å²) in [5, 5.41) is 6.17. The quantitative estimate of drug-likeness (QED) is 0.874. The third-order valence-electron chi connectivity index (χ3n) is 4.12. The fraction of sp³-hybridized carbons (Fsp3) is 0.533. The van der Waals surface area contributed by atoms with Gasteiger partial charge in [-0.05, 0) is 25.1 Å². The van der Waals surface area contributed by atoms with Crippen LogP contribution in [0.1, 0.15) is 24.9 Å². The number of methoxy groups -OCH3 is 1. The van der Waals surface area contributed by atoms with Crippen molar-refractivity contribution in [2.24, 2.45) is 0 Å². The molecule has 20 heavy (non-hydrogen) atoms. The maximum Gasteiger partial charge on any atom is 0.246 e. The number of fused-ring (bicyclic) bond motifs is 1. The molecule has 1 saturated heterocycles. The van der Waals surface area contributed by atoms with Crippen LogP contribution < -0.4 is 15.5 Å². The first-order chi connectivity index (χ1) is 9.72. The number of rotatable bonds is 4. The second-order valence-corrected chi connectivity index (χ2v) is 5.34. The molecule has 1 aromatic carbocycles. The van der Waals surface area contributed by atoms with Crippen LogP contribution in [0.4, 0.5) is 11.4 Å². The normalized spacial score (nSPS) is 24.9. The molecule has 3 rings (SSSR count). The molecule has 0 aliphatic carbocycles. The molecule has 0 spiro atoms. The van der Waals surface area contributed by atoms with E-state index in [4.69, 9.17) is 4.74 Å². The maximum absolute atomic E-state index is 11.9. The molecule has 5 heteroatoms. The van der Waals surface area contributed by atoms with Gasteiger partial charge >= 0.3 is 0 Å². The van der Waals surface area contributed by atoms with E-state index in [0.29, 0.717) is 6.10 Å². The molecule has 1 amide bonds. The van der Waals surface area contributed by atoms with Gasteiger partial charge in [0.2, 0.25) is 5.91 Å². The van der Waals surface area contributed by atoms with Gasteiger partial charge in [-0.1, -0.05) is 13.0 Å². The van der Waals surface area contributed by atoms with Gasteiger partial charge in [-0.25, -0.2) is 0 Å². The summed E-state index contributed by atoms with van der Waals surface area (Å²) in [5.41, 5.74) is 3.13. The van der Waals surface area contributed by atoms with E-state index in [0.717, 1.165) is 43.0 Å². The second-order valence-electron chi connectivity index (χ2n) is 5.34. The van der Waals surface area contributed by atoms with Crippen molar-refractivity contribution in [2.45, 2.75) is 25.5 Å². The van der Waals surface area contributed by atoms with E-state index in [9.17, 15) is 4.79 Å². The highest BCUT2D eigenvalue weighted by molar-refractivity contribution is 6.03. The lowest BCUT2D eigenvalue weighted by molar-refractivity contribution is -0.117. The molecule has 2 atom stereocenters. The van der Waals surface area contributed by atoms with Crippen LogP contribution in [-0.4, -0.2) is 38.8 Å². The van der Waals surface area contributed by atoms with Crippen molar-refractivity contribution in [1.29, 1.82) is 0 Å². The number of ether oxygens (including phenoxy) is 1. The number of likely N-dealkylation sites (N-methyl/N-ethyl adjacent to an activating group) is 1. The predicted molar refractivity (Wildman–Crippen MR) is 79.1 cm³/mol. The third-order valence-corrected chi connectivity index (χ3v) is 4.12. The maximum atomic E-state index is 11.9. The second kappa shape index (κ2) is 5.42. The molecule has 2 heterocycles. The first kappa shape index (κ1) is 13.4. The minimum Gasteiger partial charge on any atom is -0.380 e. The minimum absolute atomic E-state index is 0.0372. The smallest absolute Gasteiger partial charge is 0.246 e. The zero-order valence-electron chi connectivity index (χ0n) is 12.0. The van der Waals surface area contributed by atoms with Gasteiger partial charge in [-0.3, -0.25) is 4.79 Å². The Morgan fingerprint density at radius 3 is 3.05 bits per heavy atom. The van der Waals surface area contributed by atoms with Crippen LogP contribution in [0.5, 0.6) is 0 Å². The summed E-state index contributed by atoms with van der Waals surface area (Å²) < 4.78 is 5.40. The zero-order valence-corrected chi connectivity index (χ0v) is 12.0. The number of carbonyl (C=O) groups is 1. The van der Waals surface area contributed by atoms with E-state index in [1.807, 2.05) is 6.92 Å². The molecular weight excluding hydrogens is 254 g/mol. The molecule has 108 valence electrons. The van der Waals surface area contributed by atoms with Gasteiger partial charge in [0.15, 0.2) is 0 Å². The Morgan fingerprint density at radius 1 is 1.50 bits per heavy atom. The van der Waals surface area contributed by atoms with Gasteiger partial charge in [0, 0.05) is 37.1 Å². The molecule has 0 radical (unpaired) electrons. The van der Waals surface area contributed by atoms with Crippen molar-refractivity contribution in [2.75, 3.05) is 37.0 Å². The predicted octanol–water partition coefficient (Wildman–Crippen LogP) is 1.51. The summed E-state index contributed by atoms with van der Waals surface area (Å²) in [7, 11) is 1.76. The van der Waals surface area contributed by atoms with Crippen LogP contribution in [0.3, 0.4) is 0 Å². The van der Waals surface area contributed by atoms with Crippen LogP contribution in [0, 0.1) is 0 Å². The first-order valence-electron chi connectivity index (χ1n) is 7.19. The van der Waals surface area contributed by atoms with Gasteiger partial charge < -0.3 is 20.3 Å². The minimum atomic E-state index is -0.214. The average Bonchev–Trinajstić information content (AvgIpc) is 3.04. The van der Waals surface area contributed by atoms with Crippen molar-refractivity contribution in [3.8, 4) is 0 Å². The molecule has 0 saturated carbocycles.